The van der Waals surface area contributed by atoms with Crippen LogP contribution in [0.15, 0.2) is 79.1 Å². The Hall–Kier alpha value is -3.84. The van der Waals surface area contributed by atoms with Crippen molar-refractivity contribution in [1.82, 2.24) is 19.7 Å². The lowest BCUT2D eigenvalue weighted by Gasteiger charge is -2.35. The van der Waals surface area contributed by atoms with E-state index in [0.29, 0.717) is 49.0 Å². The molecular formula is C27H26ClN5O2. The summed E-state index contributed by atoms with van der Waals surface area (Å²) in [7, 11) is 1.63. The third kappa shape index (κ3) is 5.15. The summed E-state index contributed by atoms with van der Waals surface area (Å²) in [6.07, 6.45) is 3.51. The van der Waals surface area contributed by atoms with Crippen LogP contribution in [0.4, 0.5) is 5.82 Å². The zero-order chi connectivity index (χ0) is 24.2. The summed E-state index contributed by atoms with van der Waals surface area (Å²) in [4.78, 5) is 22.2. The molecule has 7 nitrogen and oxygen atoms in total. The number of halogens is 1. The minimum Gasteiger partial charge on any atom is -0.497 e. The molecule has 0 aliphatic carbocycles. The Morgan fingerprint density at radius 1 is 1.00 bits per heavy atom. The van der Waals surface area contributed by atoms with Crippen molar-refractivity contribution in [3.8, 4) is 17.0 Å². The average Bonchev–Trinajstić information content (AvgIpc) is 3.33. The molecule has 1 aliphatic rings. The highest BCUT2D eigenvalue weighted by Gasteiger charge is 2.27. The van der Waals surface area contributed by atoms with Crippen molar-refractivity contribution in [3.63, 3.8) is 0 Å². The number of rotatable bonds is 6. The molecule has 3 heterocycles. The summed E-state index contributed by atoms with van der Waals surface area (Å²) in [5.74, 6) is 1.57. The first-order valence-electron chi connectivity index (χ1n) is 11.5. The molecule has 0 saturated carbocycles. The number of hydrogen-bond acceptors (Lipinski definition) is 5. The van der Waals surface area contributed by atoms with Crippen molar-refractivity contribution in [2.45, 2.75) is 6.54 Å². The summed E-state index contributed by atoms with van der Waals surface area (Å²) < 4.78 is 7.25. The van der Waals surface area contributed by atoms with Gasteiger partial charge in [0.1, 0.15) is 17.3 Å². The first-order chi connectivity index (χ1) is 17.1. The van der Waals surface area contributed by atoms with Gasteiger partial charge in [0.25, 0.3) is 5.91 Å². The summed E-state index contributed by atoms with van der Waals surface area (Å²) in [6.45, 7) is 3.19. The molecule has 8 heteroatoms. The fraction of sp³-hybridized carbons (Fsp3) is 0.222. The Labute approximate surface area is 209 Å². The molecule has 0 unspecified atom stereocenters. The molecule has 2 aromatic carbocycles. The SMILES string of the molecule is COc1cccc(-c2nn(Cc3ccccc3)cc2C(=O)N2CCN(c3ccc(Cl)cn3)CC2)c1. The first-order valence-corrected chi connectivity index (χ1v) is 11.9. The number of pyridine rings is 1. The van der Waals surface area contributed by atoms with E-state index < -0.39 is 0 Å². The minimum atomic E-state index is -0.0224. The van der Waals surface area contributed by atoms with Gasteiger partial charge in [-0.2, -0.15) is 5.10 Å². The van der Waals surface area contributed by atoms with E-state index in [4.69, 9.17) is 21.4 Å². The predicted octanol–water partition coefficient (Wildman–Crippen LogP) is 4.62. The third-order valence-electron chi connectivity index (χ3n) is 6.13. The molecule has 0 bridgehead atoms. The normalized spacial score (nSPS) is 13.7. The van der Waals surface area contributed by atoms with Crippen molar-refractivity contribution in [2.75, 3.05) is 38.2 Å². The van der Waals surface area contributed by atoms with Crippen LogP contribution in [0, 0.1) is 0 Å². The largest absolute Gasteiger partial charge is 0.497 e. The van der Waals surface area contributed by atoms with Crippen LogP contribution in [0.5, 0.6) is 5.75 Å². The lowest BCUT2D eigenvalue weighted by atomic mass is 10.1. The van der Waals surface area contributed by atoms with Gasteiger partial charge in [-0.05, 0) is 29.8 Å². The lowest BCUT2D eigenvalue weighted by Crippen LogP contribution is -2.49. The van der Waals surface area contributed by atoms with Crippen LogP contribution in [-0.4, -0.2) is 58.9 Å². The van der Waals surface area contributed by atoms with Gasteiger partial charge in [0.05, 0.1) is 24.2 Å². The van der Waals surface area contributed by atoms with E-state index >= 15 is 0 Å². The standard InChI is InChI=1S/C27H26ClN5O2/c1-35-23-9-5-8-21(16-23)26-24(19-33(30-26)18-20-6-3-2-4-7-20)27(34)32-14-12-31(13-15-32)25-11-10-22(28)17-29-25/h2-11,16-17,19H,12-15,18H2,1H3. The second kappa shape index (κ2) is 10.2. The fourth-order valence-electron chi connectivity index (χ4n) is 4.28. The van der Waals surface area contributed by atoms with E-state index in [0.717, 1.165) is 22.7 Å². The van der Waals surface area contributed by atoms with Crippen molar-refractivity contribution in [1.29, 1.82) is 0 Å². The molecule has 1 amide bonds. The number of ether oxygens (including phenoxy) is 1. The fourth-order valence-corrected chi connectivity index (χ4v) is 4.39. The molecule has 0 radical (unpaired) electrons. The number of nitrogens with zero attached hydrogens (tertiary/aromatic N) is 5. The molecule has 0 N–H and O–H groups in total. The predicted molar refractivity (Wildman–Crippen MR) is 137 cm³/mol. The molecule has 35 heavy (non-hydrogen) atoms. The average molecular weight is 488 g/mol. The van der Waals surface area contributed by atoms with Crippen LogP contribution in [-0.2, 0) is 6.54 Å². The molecule has 4 aromatic rings. The second-order valence-corrected chi connectivity index (χ2v) is 8.86. The van der Waals surface area contributed by atoms with E-state index in [-0.39, 0.29) is 5.91 Å². The Bertz CT molecular complexity index is 1300. The summed E-state index contributed by atoms with van der Waals surface area (Å²) in [5, 5.41) is 5.43. The maximum Gasteiger partial charge on any atom is 0.257 e. The topological polar surface area (TPSA) is 63.5 Å². The van der Waals surface area contributed by atoms with Crippen LogP contribution >= 0.6 is 11.6 Å². The van der Waals surface area contributed by atoms with Crippen molar-refractivity contribution in [2.24, 2.45) is 0 Å². The van der Waals surface area contributed by atoms with Crippen LogP contribution in [0.1, 0.15) is 15.9 Å². The van der Waals surface area contributed by atoms with Gasteiger partial charge >= 0.3 is 0 Å². The van der Waals surface area contributed by atoms with Crippen molar-refractivity contribution >= 4 is 23.3 Å². The molecule has 2 aromatic heterocycles. The molecule has 0 spiro atoms. The van der Waals surface area contributed by atoms with Gasteiger partial charge in [0, 0.05) is 44.1 Å². The van der Waals surface area contributed by atoms with Crippen molar-refractivity contribution in [3.05, 3.63) is 95.3 Å². The van der Waals surface area contributed by atoms with Crippen molar-refractivity contribution < 1.29 is 9.53 Å². The van der Waals surface area contributed by atoms with Gasteiger partial charge < -0.3 is 14.5 Å². The van der Waals surface area contributed by atoms with Gasteiger partial charge in [0.2, 0.25) is 0 Å². The number of amides is 1. The Morgan fingerprint density at radius 3 is 2.51 bits per heavy atom. The highest BCUT2D eigenvalue weighted by atomic mass is 35.5. The van der Waals surface area contributed by atoms with Gasteiger partial charge in [-0.15, -0.1) is 0 Å². The zero-order valence-electron chi connectivity index (χ0n) is 19.5. The number of anilines is 1. The van der Waals surface area contributed by atoms with Gasteiger partial charge in [0.15, 0.2) is 0 Å². The van der Waals surface area contributed by atoms with E-state index in [2.05, 4.69) is 22.0 Å². The quantitative estimate of drug-likeness (QED) is 0.397. The molecule has 1 fully saturated rings. The number of piperazine rings is 1. The second-order valence-electron chi connectivity index (χ2n) is 8.42. The number of benzene rings is 2. The summed E-state index contributed by atoms with van der Waals surface area (Å²) in [5.41, 5.74) is 3.22. The summed E-state index contributed by atoms with van der Waals surface area (Å²) >= 11 is 5.97. The molecule has 1 aliphatic heterocycles. The van der Waals surface area contributed by atoms with E-state index in [1.54, 1.807) is 13.3 Å². The van der Waals surface area contributed by atoms with E-state index in [9.17, 15) is 4.79 Å². The third-order valence-corrected chi connectivity index (χ3v) is 6.35. The highest BCUT2D eigenvalue weighted by molar-refractivity contribution is 6.30. The number of methoxy groups -OCH3 is 1. The van der Waals surface area contributed by atoms with Crippen LogP contribution in [0.3, 0.4) is 0 Å². The minimum absolute atomic E-state index is 0.0224. The highest BCUT2D eigenvalue weighted by Crippen LogP contribution is 2.28. The van der Waals surface area contributed by atoms with Gasteiger partial charge in [-0.1, -0.05) is 54.1 Å². The maximum absolute atomic E-state index is 13.7. The van der Waals surface area contributed by atoms with Crippen LogP contribution < -0.4 is 9.64 Å². The molecule has 5 rings (SSSR count). The van der Waals surface area contributed by atoms with Gasteiger partial charge in [-0.3, -0.25) is 9.48 Å². The molecule has 0 atom stereocenters. The zero-order valence-corrected chi connectivity index (χ0v) is 20.2. The molecule has 1 saturated heterocycles. The number of aromatic nitrogens is 3. The number of carbonyl (C=O) groups excluding carboxylic acids is 1. The molecule has 178 valence electrons. The van der Waals surface area contributed by atoms with Crippen LogP contribution in [0.2, 0.25) is 5.02 Å². The van der Waals surface area contributed by atoms with Gasteiger partial charge in [-0.25, -0.2) is 4.98 Å². The Kier molecular flexibility index (Phi) is 6.68. The van der Waals surface area contributed by atoms with E-state index in [1.165, 1.54) is 0 Å². The maximum atomic E-state index is 13.7. The van der Waals surface area contributed by atoms with Crippen LogP contribution in [0.25, 0.3) is 11.3 Å². The monoisotopic (exact) mass is 487 g/mol. The number of hydrogen-bond donors (Lipinski definition) is 0. The molecular weight excluding hydrogens is 462 g/mol. The lowest BCUT2D eigenvalue weighted by molar-refractivity contribution is 0.0747. The number of carbonyl (C=O) groups is 1. The smallest absolute Gasteiger partial charge is 0.257 e. The Morgan fingerprint density at radius 2 is 1.80 bits per heavy atom. The van der Waals surface area contributed by atoms with E-state index in [1.807, 2.05) is 70.4 Å². The first kappa shape index (κ1) is 22.9. The summed E-state index contributed by atoms with van der Waals surface area (Å²) in [6, 6.07) is 21.5. The Balaban J connectivity index is 1.40.